The summed E-state index contributed by atoms with van der Waals surface area (Å²) >= 11 is 0. The van der Waals surface area contributed by atoms with Crippen LogP contribution in [0.15, 0.2) is 30.3 Å². The highest BCUT2D eigenvalue weighted by molar-refractivity contribution is 5.92. The van der Waals surface area contributed by atoms with E-state index in [1.54, 1.807) is 25.0 Å². The zero-order valence-electron chi connectivity index (χ0n) is 14.5. The first-order valence-electron chi connectivity index (χ1n) is 7.95. The molecule has 0 bridgehead atoms. The average molecular weight is 335 g/mol. The second kappa shape index (κ2) is 11.2. The lowest BCUT2D eigenvalue weighted by molar-refractivity contribution is -0.143. The van der Waals surface area contributed by atoms with Crippen molar-refractivity contribution in [2.24, 2.45) is 0 Å². The van der Waals surface area contributed by atoms with E-state index in [1.165, 1.54) is 6.08 Å². The molecule has 24 heavy (non-hydrogen) atoms. The summed E-state index contributed by atoms with van der Waals surface area (Å²) < 4.78 is 15.0. The fourth-order valence-corrected chi connectivity index (χ4v) is 1.96. The van der Waals surface area contributed by atoms with Gasteiger partial charge in [-0.3, -0.25) is 9.59 Å². The summed E-state index contributed by atoms with van der Waals surface area (Å²) in [5.41, 5.74) is 0.884. The van der Waals surface area contributed by atoms with Crippen LogP contribution in [0, 0.1) is 0 Å². The van der Waals surface area contributed by atoms with E-state index < -0.39 is 0 Å². The summed E-state index contributed by atoms with van der Waals surface area (Å²) in [5.74, 6) is 0.269. The Balaban J connectivity index is 2.54. The van der Waals surface area contributed by atoms with E-state index >= 15 is 0 Å². The van der Waals surface area contributed by atoms with E-state index in [9.17, 15) is 9.59 Å². The van der Waals surface area contributed by atoms with Crippen molar-refractivity contribution >= 4 is 18.0 Å². The third-order valence-corrected chi connectivity index (χ3v) is 3.23. The lowest BCUT2D eigenvalue weighted by atomic mass is 10.2. The second-order valence-corrected chi connectivity index (χ2v) is 4.93. The predicted molar refractivity (Wildman–Crippen MR) is 91.5 cm³/mol. The van der Waals surface area contributed by atoms with Gasteiger partial charge in [-0.05, 0) is 37.6 Å². The standard InChI is InChI=1S/C18H25NO5/c1-4-19(13-12-18(21)23-5-2)17(20)11-8-15-6-9-16(10-7-15)24-14-22-3/h6-11H,4-5,12-14H2,1-3H3/b11-8+. The maximum atomic E-state index is 12.2. The third-order valence-electron chi connectivity index (χ3n) is 3.23. The van der Waals surface area contributed by atoms with Crippen molar-refractivity contribution in [2.75, 3.05) is 33.6 Å². The molecule has 6 heteroatoms. The van der Waals surface area contributed by atoms with Crippen LogP contribution < -0.4 is 4.74 Å². The molecule has 132 valence electrons. The molecule has 0 radical (unpaired) electrons. The quantitative estimate of drug-likeness (QED) is 0.373. The lowest BCUT2D eigenvalue weighted by Crippen LogP contribution is -2.31. The van der Waals surface area contributed by atoms with Gasteiger partial charge in [0.05, 0.1) is 13.0 Å². The Kier molecular flexibility index (Phi) is 9.23. The minimum Gasteiger partial charge on any atom is -0.468 e. The number of amides is 1. The van der Waals surface area contributed by atoms with E-state index in [1.807, 2.05) is 31.2 Å². The zero-order valence-corrected chi connectivity index (χ0v) is 14.5. The van der Waals surface area contributed by atoms with Crippen LogP contribution in [0.2, 0.25) is 0 Å². The Bertz CT molecular complexity index is 539. The van der Waals surface area contributed by atoms with Crippen molar-refractivity contribution in [3.63, 3.8) is 0 Å². The number of methoxy groups -OCH3 is 1. The van der Waals surface area contributed by atoms with Crippen molar-refractivity contribution in [1.82, 2.24) is 4.90 Å². The molecule has 1 rings (SSSR count). The minimum absolute atomic E-state index is 0.137. The first-order valence-corrected chi connectivity index (χ1v) is 7.95. The Hall–Kier alpha value is -2.34. The van der Waals surface area contributed by atoms with Crippen molar-refractivity contribution < 1.29 is 23.8 Å². The zero-order chi connectivity index (χ0) is 17.8. The number of carbonyl (C=O) groups is 2. The summed E-state index contributed by atoms with van der Waals surface area (Å²) in [6.07, 6.45) is 3.43. The van der Waals surface area contributed by atoms with E-state index in [0.717, 1.165) is 5.56 Å². The van der Waals surface area contributed by atoms with Gasteiger partial charge in [0.2, 0.25) is 5.91 Å². The van der Waals surface area contributed by atoms with Crippen molar-refractivity contribution in [1.29, 1.82) is 0 Å². The molecular weight excluding hydrogens is 310 g/mol. The third kappa shape index (κ3) is 7.28. The molecule has 1 aromatic rings. The number of esters is 1. The molecule has 1 aromatic carbocycles. The molecule has 0 saturated heterocycles. The molecule has 0 fully saturated rings. The Morgan fingerprint density at radius 1 is 1.17 bits per heavy atom. The second-order valence-electron chi connectivity index (χ2n) is 4.93. The van der Waals surface area contributed by atoms with Gasteiger partial charge < -0.3 is 19.1 Å². The van der Waals surface area contributed by atoms with Gasteiger partial charge in [0.15, 0.2) is 6.79 Å². The molecule has 0 aromatic heterocycles. The summed E-state index contributed by atoms with van der Waals surface area (Å²) in [6.45, 7) is 5.06. The van der Waals surface area contributed by atoms with Gasteiger partial charge in [-0.2, -0.15) is 0 Å². The van der Waals surface area contributed by atoms with Gasteiger partial charge in [-0.25, -0.2) is 0 Å². The van der Waals surface area contributed by atoms with Crippen LogP contribution in [0.4, 0.5) is 0 Å². The first kappa shape index (κ1) is 19.7. The molecule has 0 saturated carbocycles. The molecule has 0 N–H and O–H groups in total. The van der Waals surface area contributed by atoms with Crippen molar-refractivity contribution in [3.8, 4) is 5.75 Å². The normalized spacial score (nSPS) is 10.6. The SMILES string of the molecule is CCOC(=O)CCN(CC)C(=O)/C=C/c1ccc(OCOC)cc1. The topological polar surface area (TPSA) is 65.1 Å². The minimum atomic E-state index is -0.292. The summed E-state index contributed by atoms with van der Waals surface area (Å²) in [5, 5.41) is 0. The summed E-state index contributed by atoms with van der Waals surface area (Å²) in [7, 11) is 1.56. The van der Waals surface area contributed by atoms with E-state index in [0.29, 0.717) is 25.4 Å². The number of carbonyl (C=O) groups excluding carboxylic acids is 2. The number of likely N-dealkylation sites (N-methyl/N-ethyl adjacent to an activating group) is 1. The van der Waals surface area contributed by atoms with Gasteiger partial charge in [-0.1, -0.05) is 12.1 Å². The van der Waals surface area contributed by atoms with Crippen LogP contribution in [0.25, 0.3) is 6.08 Å². The fourth-order valence-electron chi connectivity index (χ4n) is 1.96. The van der Waals surface area contributed by atoms with E-state index in [2.05, 4.69) is 0 Å². The maximum Gasteiger partial charge on any atom is 0.307 e. The summed E-state index contributed by atoms with van der Waals surface area (Å²) in [6, 6.07) is 7.32. The van der Waals surface area contributed by atoms with Crippen molar-refractivity contribution in [2.45, 2.75) is 20.3 Å². The Labute approximate surface area is 143 Å². The maximum absolute atomic E-state index is 12.2. The summed E-state index contributed by atoms with van der Waals surface area (Å²) in [4.78, 5) is 25.1. The van der Waals surface area contributed by atoms with E-state index in [-0.39, 0.29) is 25.1 Å². The largest absolute Gasteiger partial charge is 0.468 e. The predicted octanol–water partition coefficient (Wildman–Crippen LogP) is 2.48. The smallest absolute Gasteiger partial charge is 0.307 e. The van der Waals surface area contributed by atoms with Gasteiger partial charge in [0.1, 0.15) is 5.75 Å². The fraction of sp³-hybridized carbons (Fsp3) is 0.444. The number of hydrogen-bond acceptors (Lipinski definition) is 5. The van der Waals surface area contributed by atoms with Crippen LogP contribution >= 0.6 is 0 Å². The number of hydrogen-bond donors (Lipinski definition) is 0. The molecule has 0 aliphatic rings. The molecule has 0 unspecified atom stereocenters. The molecule has 0 atom stereocenters. The highest BCUT2D eigenvalue weighted by atomic mass is 16.7. The molecule has 6 nitrogen and oxygen atoms in total. The van der Waals surface area contributed by atoms with Crippen molar-refractivity contribution in [3.05, 3.63) is 35.9 Å². The van der Waals surface area contributed by atoms with Gasteiger partial charge in [-0.15, -0.1) is 0 Å². The van der Waals surface area contributed by atoms with Crippen LogP contribution in [-0.4, -0.2) is 50.4 Å². The van der Waals surface area contributed by atoms with Gasteiger partial charge in [0.25, 0.3) is 0 Å². The number of benzene rings is 1. The van der Waals surface area contributed by atoms with Gasteiger partial charge in [0, 0.05) is 26.3 Å². The van der Waals surface area contributed by atoms with Crippen LogP contribution in [0.1, 0.15) is 25.8 Å². The molecule has 0 aliphatic heterocycles. The monoisotopic (exact) mass is 335 g/mol. The van der Waals surface area contributed by atoms with Crippen LogP contribution in [0.3, 0.4) is 0 Å². The average Bonchev–Trinajstić information content (AvgIpc) is 2.59. The molecular formula is C18H25NO5. The molecule has 0 heterocycles. The van der Waals surface area contributed by atoms with Crippen LogP contribution in [0.5, 0.6) is 5.75 Å². The van der Waals surface area contributed by atoms with E-state index in [4.69, 9.17) is 14.2 Å². The molecule has 0 spiro atoms. The lowest BCUT2D eigenvalue weighted by Gasteiger charge is -2.18. The number of rotatable bonds is 10. The number of nitrogens with zero attached hydrogens (tertiary/aromatic N) is 1. The first-order chi connectivity index (χ1) is 11.6. The highest BCUT2D eigenvalue weighted by Gasteiger charge is 2.11. The molecule has 0 aliphatic carbocycles. The van der Waals surface area contributed by atoms with Crippen LogP contribution in [-0.2, 0) is 19.1 Å². The highest BCUT2D eigenvalue weighted by Crippen LogP contribution is 2.13. The Morgan fingerprint density at radius 2 is 1.88 bits per heavy atom. The Morgan fingerprint density at radius 3 is 2.46 bits per heavy atom. The van der Waals surface area contributed by atoms with Gasteiger partial charge >= 0.3 is 5.97 Å². The number of ether oxygens (including phenoxy) is 3. The molecule has 1 amide bonds.